The smallest absolute Gasteiger partial charge is 0.163 e. The zero-order valence-corrected chi connectivity index (χ0v) is 14.0. The molecule has 4 nitrogen and oxygen atoms in total. The number of halogens is 1. The number of hydrogen-bond acceptors (Lipinski definition) is 4. The topological polar surface area (TPSA) is 50.7 Å². The lowest BCUT2D eigenvalue weighted by molar-refractivity contribution is 0.564. The SMILES string of the molecule is CNc1nc(-c2cnccc2C)nc(C(C)(C)C)c1Br. The minimum atomic E-state index is -0.0712. The fourth-order valence-corrected chi connectivity index (χ4v) is 2.90. The first-order chi connectivity index (χ1) is 9.34. The average Bonchev–Trinajstić information content (AvgIpc) is 2.38. The molecule has 0 radical (unpaired) electrons. The second-order valence-corrected chi connectivity index (χ2v) is 6.54. The van der Waals surface area contributed by atoms with Gasteiger partial charge in [-0.2, -0.15) is 0 Å². The van der Waals surface area contributed by atoms with Crippen LogP contribution < -0.4 is 5.32 Å². The lowest BCUT2D eigenvalue weighted by atomic mass is 9.91. The molecule has 0 saturated carbocycles. The quantitative estimate of drug-likeness (QED) is 0.903. The average molecular weight is 335 g/mol. The van der Waals surface area contributed by atoms with Crippen LogP contribution in [0.1, 0.15) is 32.0 Å². The van der Waals surface area contributed by atoms with Gasteiger partial charge in [-0.25, -0.2) is 9.97 Å². The summed E-state index contributed by atoms with van der Waals surface area (Å²) >= 11 is 3.60. The number of anilines is 1. The summed E-state index contributed by atoms with van der Waals surface area (Å²) in [6.45, 7) is 8.45. The van der Waals surface area contributed by atoms with Gasteiger partial charge in [0, 0.05) is 30.4 Å². The van der Waals surface area contributed by atoms with E-state index in [4.69, 9.17) is 4.98 Å². The highest BCUT2D eigenvalue weighted by Crippen LogP contribution is 2.34. The number of pyridine rings is 1. The number of rotatable bonds is 2. The predicted molar refractivity (Wildman–Crippen MR) is 85.9 cm³/mol. The molecule has 0 bridgehead atoms. The lowest BCUT2D eigenvalue weighted by Crippen LogP contribution is -2.17. The second kappa shape index (κ2) is 5.48. The van der Waals surface area contributed by atoms with Crippen molar-refractivity contribution in [3.8, 4) is 11.4 Å². The molecule has 1 N–H and O–H groups in total. The van der Waals surface area contributed by atoms with Gasteiger partial charge < -0.3 is 5.32 Å². The largest absolute Gasteiger partial charge is 0.372 e. The van der Waals surface area contributed by atoms with Crippen molar-refractivity contribution in [2.75, 3.05) is 12.4 Å². The van der Waals surface area contributed by atoms with Crippen LogP contribution in [0.3, 0.4) is 0 Å². The summed E-state index contributed by atoms with van der Waals surface area (Å²) in [4.78, 5) is 13.5. The molecule has 0 atom stereocenters. The highest BCUT2D eigenvalue weighted by Gasteiger charge is 2.23. The number of aryl methyl sites for hydroxylation is 1. The van der Waals surface area contributed by atoms with Gasteiger partial charge in [-0.05, 0) is 34.5 Å². The van der Waals surface area contributed by atoms with Gasteiger partial charge in [0.15, 0.2) is 5.82 Å². The van der Waals surface area contributed by atoms with Crippen molar-refractivity contribution in [3.05, 3.63) is 34.2 Å². The maximum absolute atomic E-state index is 4.75. The predicted octanol–water partition coefficient (Wildman–Crippen LogP) is 3.95. The molecule has 5 heteroatoms. The molecule has 0 unspecified atom stereocenters. The Morgan fingerprint density at radius 1 is 1.20 bits per heavy atom. The maximum Gasteiger partial charge on any atom is 0.163 e. The normalized spacial score (nSPS) is 11.5. The molecule has 106 valence electrons. The summed E-state index contributed by atoms with van der Waals surface area (Å²) in [7, 11) is 1.86. The van der Waals surface area contributed by atoms with E-state index in [0.29, 0.717) is 5.82 Å². The van der Waals surface area contributed by atoms with E-state index in [9.17, 15) is 0 Å². The molecule has 0 amide bonds. The van der Waals surface area contributed by atoms with Crippen LogP contribution in [0, 0.1) is 6.92 Å². The van der Waals surface area contributed by atoms with Crippen LogP contribution in [0.2, 0.25) is 0 Å². The van der Waals surface area contributed by atoms with Crippen molar-refractivity contribution in [1.82, 2.24) is 15.0 Å². The van der Waals surface area contributed by atoms with E-state index >= 15 is 0 Å². The molecular weight excluding hydrogens is 316 g/mol. The Balaban J connectivity index is 2.70. The standard InChI is InChI=1S/C15H19BrN4/c1-9-6-7-18-8-10(9)13-19-12(15(2,3)4)11(16)14(17-5)20-13/h6-8H,1-5H3,(H,17,19,20). The molecule has 0 aliphatic carbocycles. The maximum atomic E-state index is 4.75. The van der Waals surface area contributed by atoms with Gasteiger partial charge in [-0.15, -0.1) is 0 Å². The molecule has 0 spiro atoms. The molecule has 2 aromatic rings. The molecule has 0 saturated heterocycles. The van der Waals surface area contributed by atoms with Crippen molar-refractivity contribution >= 4 is 21.7 Å². The van der Waals surface area contributed by atoms with Crippen molar-refractivity contribution in [2.24, 2.45) is 0 Å². The third kappa shape index (κ3) is 2.82. The van der Waals surface area contributed by atoms with Gasteiger partial charge >= 0.3 is 0 Å². The Labute approximate surface area is 128 Å². The van der Waals surface area contributed by atoms with E-state index in [1.165, 1.54) is 0 Å². The Morgan fingerprint density at radius 2 is 1.90 bits per heavy atom. The molecule has 2 rings (SSSR count). The number of nitrogens with zero attached hydrogens (tertiary/aromatic N) is 3. The fourth-order valence-electron chi connectivity index (χ4n) is 1.93. The number of hydrogen-bond donors (Lipinski definition) is 1. The van der Waals surface area contributed by atoms with Crippen LogP contribution in [-0.2, 0) is 5.41 Å². The first-order valence-corrected chi connectivity index (χ1v) is 7.30. The number of nitrogens with one attached hydrogen (secondary N) is 1. The van der Waals surface area contributed by atoms with Gasteiger partial charge in [-0.1, -0.05) is 20.8 Å². The summed E-state index contributed by atoms with van der Waals surface area (Å²) in [6, 6.07) is 1.97. The van der Waals surface area contributed by atoms with E-state index in [-0.39, 0.29) is 5.41 Å². The third-order valence-electron chi connectivity index (χ3n) is 3.08. The molecule has 0 fully saturated rings. The van der Waals surface area contributed by atoms with Gasteiger partial charge in [0.1, 0.15) is 5.82 Å². The number of aromatic nitrogens is 3. The summed E-state index contributed by atoms with van der Waals surface area (Å²) in [5.74, 6) is 1.50. The van der Waals surface area contributed by atoms with Gasteiger partial charge in [-0.3, -0.25) is 4.98 Å². The van der Waals surface area contributed by atoms with Crippen molar-refractivity contribution in [3.63, 3.8) is 0 Å². The Hall–Kier alpha value is -1.49. The van der Waals surface area contributed by atoms with Gasteiger partial charge in [0.05, 0.1) is 10.2 Å². The van der Waals surface area contributed by atoms with Gasteiger partial charge in [0.2, 0.25) is 0 Å². The van der Waals surface area contributed by atoms with Crippen LogP contribution >= 0.6 is 15.9 Å². The second-order valence-electron chi connectivity index (χ2n) is 5.75. The van der Waals surface area contributed by atoms with Crippen LogP contribution in [0.25, 0.3) is 11.4 Å². The van der Waals surface area contributed by atoms with Crippen LogP contribution in [0.5, 0.6) is 0 Å². The summed E-state index contributed by atoms with van der Waals surface area (Å²) < 4.78 is 0.915. The van der Waals surface area contributed by atoms with Crippen LogP contribution in [-0.4, -0.2) is 22.0 Å². The Morgan fingerprint density at radius 3 is 2.45 bits per heavy atom. The van der Waals surface area contributed by atoms with Crippen molar-refractivity contribution in [1.29, 1.82) is 0 Å². The van der Waals surface area contributed by atoms with Crippen LogP contribution in [0.4, 0.5) is 5.82 Å². The molecular formula is C15H19BrN4. The Kier molecular flexibility index (Phi) is 4.09. The zero-order chi connectivity index (χ0) is 14.9. The highest BCUT2D eigenvalue weighted by atomic mass is 79.9. The zero-order valence-electron chi connectivity index (χ0n) is 12.5. The molecule has 0 aliphatic rings. The first kappa shape index (κ1) is 14.9. The summed E-state index contributed by atoms with van der Waals surface area (Å²) in [5.41, 5.74) is 2.99. The monoisotopic (exact) mass is 334 g/mol. The lowest BCUT2D eigenvalue weighted by Gasteiger charge is -2.22. The molecule has 2 heterocycles. The summed E-state index contributed by atoms with van der Waals surface area (Å²) in [6.07, 6.45) is 3.59. The first-order valence-electron chi connectivity index (χ1n) is 6.51. The minimum Gasteiger partial charge on any atom is -0.372 e. The van der Waals surface area contributed by atoms with Crippen molar-refractivity contribution in [2.45, 2.75) is 33.1 Å². The molecule has 2 aromatic heterocycles. The highest BCUT2D eigenvalue weighted by molar-refractivity contribution is 9.10. The van der Waals surface area contributed by atoms with E-state index in [2.05, 4.69) is 52.0 Å². The summed E-state index contributed by atoms with van der Waals surface area (Å²) in [5, 5.41) is 3.12. The Bertz CT molecular complexity index is 632. The minimum absolute atomic E-state index is 0.0712. The molecule has 0 aliphatic heterocycles. The molecule has 0 aromatic carbocycles. The van der Waals surface area contributed by atoms with Gasteiger partial charge in [0.25, 0.3) is 0 Å². The fraction of sp³-hybridized carbons (Fsp3) is 0.400. The van der Waals surface area contributed by atoms with Crippen molar-refractivity contribution < 1.29 is 0 Å². The van der Waals surface area contributed by atoms with E-state index in [1.54, 1.807) is 6.20 Å². The van der Waals surface area contributed by atoms with E-state index < -0.39 is 0 Å². The van der Waals surface area contributed by atoms with E-state index in [0.717, 1.165) is 27.1 Å². The van der Waals surface area contributed by atoms with Crippen LogP contribution in [0.15, 0.2) is 22.9 Å². The molecule has 20 heavy (non-hydrogen) atoms. The van der Waals surface area contributed by atoms with E-state index in [1.807, 2.05) is 26.2 Å². The third-order valence-corrected chi connectivity index (χ3v) is 3.83.